The van der Waals surface area contributed by atoms with Crippen LogP contribution in [-0.2, 0) is 52.7 Å². The average Bonchev–Trinajstić information content (AvgIpc) is 2.45. The van der Waals surface area contributed by atoms with E-state index in [4.69, 9.17) is 5.73 Å². The van der Waals surface area contributed by atoms with Gasteiger partial charge < -0.3 is 71.3 Å². The highest BCUT2D eigenvalue weighted by atomic mass is 16.4. The Balaban J connectivity index is 7.16. The molecule has 25 nitrogen and oxygen atoms in total. The fourth-order valence-corrected chi connectivity index (χ4v) is 10.3. The van der Waals surface area contributed by atoms with Crippen molar-refractivity contribution in [2.45, 2.75) is 228 Å². The summed E-state index contributed by atoms with van der Waals surface area (Å²) in [4.78, 5) is 163. The van der Waals surface area contributed by atoms with E-state index >= 15 is 4.79 Å². The van der Waals surface area contributed by atoms with Gasteiger partial charge in [-0.05, 0) is 102 Å². The third kappa shape index (κ3) is 24.4. The number of carbonyl (C=O) groups excluding carboxylic acids is 10. The second kappa shape index (κ2) is 36.3. The van der Waals surface area contributed by atoms with Crippen LogP contribution in [0.2, 0.25) is 0 Å². The summed E-state index contributed by atoms with van der Waals surface area (Å²) in [5.41, 5.74) is 4.50. The van der Waals surface area contributed by atoms with Gasteiger partial charge >= 0.3 is 5.97 Å². The van der Waals surface area contributed by atoms with E-state index in [0.29, 0.717) is 0 Å². The van der Waals surface area contributed by atoms with Gasteiger partial charge in [0.2, 0.25) is 59.1 Å². The number of hydrogen-bond acceptors (Lipinski definition) is 14. The minimum atomic E-state index is -1.64. The molecule has 0 spiro atoms. The third-order valence-corrected chi connectivity index (χ3v) is 15.7. The Morgan fingerprint density at radius 1 is 0.529 bits per heavy atom. The van der Waals surface area contributed by atoms with Crippen LogP contribution in [0.3, 0.4) is 0 Å². The molecule has 0 fully saturated rings. The van der Waals surface area contributed by atoms with Crippen LogP contribution >= 0.6 is 0 Å². The number of nitrogens with two attached hydrogens (primary N) is 1. The minimum absolute atomic E-state index is 0.00947. The third-order valence-electron chi connectivity index (χ3n) is 15.7. The molecule has 0 rings (SSSR count). The maximum absolute atomic E-state index is 15.1. The lowest BCUT2D eigenvalue weighted by Crippen LogP contribution is -2.63. The fraction of sp³-hybridized carbons (Fsp3) is 0.790. The minimum Gasteiger partial charge on any atom is -0.480 e. The zero-order chi connectivity index (χ0) is 68.2. The molecule has 0 aromatic carbocycles. The second-order valence-corrected chi connectivity index (χ2v) is 26.4. The van der Waals surface area contributed by atoms with Gasteiger partial charge in [-0.15, -0.1) is 0 Å². The predicted octanol–water partition coefficient (Wildman–Crippen LogP) is 2.30. The van der Waals surface area contributed by atoms with E-state index in [1.54, 1.807) is 60.6 Å². The molecular weight excluding hydrogens is 1120 g/mol. The molecule has 25 heteroatoms. The van der Waals surface area contributed by atoms with Gasteiger partial charge in [0.25, 0.3) is 0 Å². The van der Waals surface area contributed by atoms with Gasteiger partial charge in [0.05, 0.1) is 24.3 Å². The Morgan fingerprint density at radius 2 is 0.966 bits per heavy atom. The topological polar surface area (TPSA) is 333 Å². The zero-order valence-electron chi connectivity index (χ0n) is 57.0. The Bertz CT molecular complexity index is 2360. The molecule has 0 heterocycles. The van der Waals surface area contributed by atoms with E-state index in [-0.39, 0.29) is 56.3 Å². The smallest absolute Gasteiger partial charge is 0.325 e. The molecule has 500 valence electrons. The van der Waals surface area contributed by atoms with Gasteiger partial charge in [0.1, 0.15) is 54.4 Å². The summed E-state index contributed by atoms with van der Waals surface area (Å²) < 4.78 is 0. The number of rotatable bonds is 36. The molecule has 87 heavy (non-hydrogen) atoms. The fourth-order valence-electron chi connectivity index (χ4n) is 10.3. The lowest BCUT2D eigenvalue weighted by atomic mass is 9.91. The van der Waals surface area contributed by atoms with Gasteiger partial charge in [-0.3, -0.25) is 52.7 Å². The van der Waals surface area contributed by atoms with Crippen LogP contribution in [-0.4, -0.2) is 243 Å². The molecule has 0 aromatic heterocycles. The summed E-state index contributed by atoms with van der Waals surface area (Å²) in [6.45, 7) is 28.1. The van der Waals surface area contributed by atoms with Crippen molar-refractivity contribution < 1.29 is 68.1 Å². The Hall–Kier alpha value is -6.21. The van der Waals surface area contributed by atoms with E-state index in [2.05, 4.69) is 16.0 Å². The molecule has 0 bridgehead atoms. The summed E-state index contributed by atoms with van der Waals surface area (Å²) in [7, 11) is 9.69. The van der Waals surface area contributed by atoms with E-state index in [9.17, 15) is 63.3 Å². The summed E-state index contributed by atoms with van der Waals surface area (Å²) >= 11 is 0. The van der Waals surface area contributed by atoms with Crippen molar-refractivity contribution in [1.29, 1.82) is 0 Å². The number of aliphatic hydroxyl groups excluding tert-OH is 1. The molecule has 12 atom stereocenters. The molecule has 10 amide bonds. The molecule has 0 aromatic rings. The summed E-state index contributed by atoms with van der Waals surface area (Å²) in [5, 5.41) is 40.3. The van der Waals surface area contributed by atoms with Crippen molar-refractivity contribution >= 4 is 65.0 Å². The monoisotopic (exact) mass is 1240 g/mol. The lowest BCUT2D eigenvalue weighted by molar-refractivity contribution is -0.158. The Kier molecular flexibility index (Phi) is 33.7. The second-order valence-electron chi connectivity index (χ2n) is 26.4. The van der Waals surface area contributed by atoms with Crippen LogP contribution in [0.15, 0.2) is 12.2 Å². The van der Waals surface area contributed by atoms with Crippen LogP contribution in [0.25, 0.3) is 0 Å². The van der Waals surface area contributed by atoms with E-state index in [0.717, 1.165) is 14.7 Å². The van der Waals surface area contributed by atoms with E-state index < -0.39 is 161 Å². The van der Waals surface area contributed by atoms with Crippen LogP contribution in [0.5, 0.6) is 0 Å². The van der Waals surface area contributed by atoms with Crippen molar-refractivity contribution in [3.05, 3.63) is 12.2 Å². The number of hydrogen-bond donors (Lipinski definition) is 7. The SMILES string of the molecule is C/C=C/C[C@@H](C)[C@@H](O)[C@@H](C(=O)N[C@@H](CC)C(=O)N(C)CC(=O)N(C)[C@@H](CC(C)C)C(=O)N[C@H](C(=O)N(C)[C@@H](CC(C)C)C(=O)N[C@@H](C)C(=O)O)C(C)C)N(C)C(=O)[C@H](C(C)C)N(C)C(=O)[C@H](CC(C)C)N(C)C(=O)[C@H](CC(C)(C)O)N(C)C(=O)[C@@H](C)N. The zero-order valence-corrected chi connectivity index (χ0v) is 57.0. The van der Waals surface area contributed by atoms with Crippen molar-refractivity contribution in [2.24, 2.45) is 41.2 Å². The predicted molar refractivity (Wildman–Crippen MR) is 334 cm³/mol. The van der Waals surface area contributed by atoms with Crippen molar-refractivity contribution in [2.75, 3.05) is 55.9 Å². The van der Waals surface area contributed by atoms with Crippen LogP contribution in [0.4, 0.5) is 0 Å². The van der Waals surface area contributed by atoms with Gasteiger partial charge in [-0.2, -0.15) is 0 Å². The maximum atomic E-state index is 15.1. The maximum Gasteiger partial charge on any atom is 0.325 e. The number of carbonyl (C=O) groups is 11. The number of aliphatic carboxylic acids is 1. The average molecular weight is 1240 g/mol. The number of likely N-dealkylation sites (N-methyl/N-ethyl adjacent to an activating group) is 7. The van der Waals surface area contributed by atoms with Crippen molar-refractivity contribution in [3.63, 3.8) is 0 Å². The molecule has 0 aliphatic rings. The van der Waals surface area contributed by atoms with Crippen LogP contribution in [0.1, 0.15) is 156 Å². The van der Waals surface area contributed by atoms with Crippen LogP contribution < -0.4 is 21.7 Å². The van der Waals surface area contributed by atoms with E-state index in [1.807, 2.05) is 41.5 Å². The molecule has 0 aliphatic carbocycles. The molecule has 0 radical (unpaired) electrons. The standard InChI is InChI=1S/C62H113N11O14/c1-25-27-28-39(13)51(75)50(73(24)60(84)49(38(11)12)72(23)57(81)45(31-36(7)8)70(21)58(82)46(32-62(16,17)87)71(22)55(79)40(14)63)54(78)65-42(26-2)56(80)67(18)33-47(74)68(19)43(29-34(3)4)53(77)66-48(37(9)10)59(83)69(20)44(30-35(5)6)52(76)64-41(15)61(85)86/h25,27,34-46,48-51,75,87H,26,28-33,63H2,1-24H3,(H,64,76)(H,65,78)(H,66,77)(H,85,86)/b27-25+/t39-,40-,41+,42+,43+,44+,45+,46+,48+,49+,50+,51-/m1/s1. The highest BCUT2D eigenvalue weighted by molar-refractivity contribution is 5.98. The van der Waals surface area contributed by atoms with Gasteiger partial charge in [-0.25, -0.2) is 0 Å². The largest absolute Gasteiger partial charge is 0.480 e. The number of amides is 10. The number of nitrogens with zero attached hydrogens (tertiary/aromatic N) is 7. The van der Waals surface area contributed by atoms with Crippen molar-refractivity contribution in [3.8, 4) is 0 Å². The first kappa shape index (κ1) is 80.8. The first-order valence-electron chi connectivity index (χ1n) is 30.6. The molecule has 0 unspecified atom stereocenters. The number of allylic oxidation sites excluding steroid dienone is 2. The van der Waals surface area contributed by atoms with Gasteiger partial charge in [0.15, 0.2) is 0 Å². The first-order chi connectivity index (χ1) is 39.8. The Morgan fingerprint density at radius 3 is 1.39 bits per heavy atom. The summed E-state index contributed by atoms with van der Waals surface area (Å²) in [6, 6.07) is -12.2. The van der Waals surface area contributed by atoms with Crippen LogP contribution in [0, 0.1) is 35.5 Å². The molecule has 0 saturated carbocycles. The molecule has 0 aliphatic heterocycles. The van der Waals surface area contributed by atoms with Gasteiger partial charge in [0, 0.05) is 55.8 Å². The number of carboxylic acid groups (broad SMARTS) is 1. The Labute approximate surface area is 519 Å². The molecule has 8 N–H and O–H groups in total. The first-order valence-corrected chi connectivity index (χ1v) is 30.6. The summed E-state index contributed by atoms with van der Waals surface area (Å²) in [6.07, 6.45) is 2.57. The number of aliphatic hydroxyl groups is 2. The molecular formula is C62H113N11O14. The van der Waals surface area contributed by atoms with Crippen molar-refractivity contribution in [1.82, 2.24) is 50.2 Å². The van der Waals surface area contributed by atoms with Gasteiger partial charge in [-0.1, -0.05) is 95.2 Å². The highest BCUT2D eigenvalue weighted by Crippen LogP contribution is 2.26. The quantitative estimate of drug-likeness (QED) is 0.0443. The normalized spacial score (nSPS) is 16.1. The summed E-state index contributed by atoms with van der Waals surface area (Å²) in [5.74, 6) is -10.3. The highest BCUT2D eigenvalue weighted by Gasteiger charge is 2.46. The number of carboxylic acids is 1. The molecule has 0 saturated heterocycles. The number of nitrogens with one attached hydrogen (secondary N) is 3. The lowest BCUT2D eigenvalue weighted by Gasteiger charge is -2.42. The van der Waals surface area contributed by atoms with E-state index in [1.165, 1.54) is 96.6 Å².